The van der Waals surface area contributed by atoms with Crippen LogP contribution in [0.4, 0.5) is 4.39 Å². The summed E-state index contributed by atoms with van der Waals surface area (Å²) in [7, 11) is 0. The SMILES string of the molecule is N#Cc1c(-c2ccc(F)cc2)c2c([nH]c1=S)CCC2. The molecule has 0 atom stereocenters. The summed E-state index contributed by atoms with van der Waals surface area (Å²) in [4.78, 5) is 3.15. The summed E-state index contributed by atoms with van der Waals surface area (Å²) < 4.78 is 13.5. The van der Waals surface area contributed by atoms with Gasteiger partial charge in [0.05, 0.1) is 5.56 Å². The number of halogens is 1. The normalized spacial score (nSPS) is 13.1. The number of hydrogen-bond acceptors (Lipinski definition) is 2. The molecule has 2 nitrogen and oxygen atoms in total. The van der Waals surface area contributed by atoms with Crippen LogP contribution in [0.1, 0.15) is 23.2 Å². The standard InChI is InChI=1S/C15H11FN2S/c16-10-6-4-9(5-7-10)14-11-2-1-3-13(11)18-15(19)12(14)8-17/h4-7H,1-3H2,(H,18,19). The first-order valence-electron chi connectivity index (χ1n) is 6.15. The van der Waals surface area contributed by atoms with Crippen molar-refractivity contribution in [3.05, 3.63) is 51.5 Å². The zero-order valence-electron chi connectivity index (χ0n) is 10.2. The lowest BCUT2D eigenvalue weighted by Crippen LogP contribution is -1.98. The molecule has 0 bridgehead atoms. The van der Waals surface area contributed by atoms with Crippen molar-refractivity contribution in [2.24, 2.45) is 0 Å². The summed E-state index contributed by atoms with van der Waals surface area (Å²) >= 11 is 5.25. The van der Waals surface area contributed by atoms with Crippen LogP contribution in [0, 0.1) is 21.8 Å². The van der Waals surface area contributed by atoms with Gasteiger partial charge < -0.3 is 4.98 Å². The number of benzene rings is 1. The highest BCUT2D eigenvalue weighted by Crippen LogP contribution is 2.34. The number of pyridine rings is 1. The fraction of sp³-hybridized carbons (Fsp3) is 0.200. The molecule has 1 aromatic carbocycles. The van der Waals surface area contributed by atoms with Crippen LogP contribution in [0.3, 0.4) is 0 Å². The van der Waals surface area contributed by atoms with Gasteiger partial charge in [0, 0.05) is 11.3 Å². The Morgan fingerprint density at radius 2 is 1.95 bits per heavy atom. The van der Waals surface area contributed by atoms with Gasteiger partial charge in [-0.25, -0.2) is 4.39 Å². The molecule has 0 fully saturated rings. The summed E-state index contributed by atoms with van der Waals surface area (Å²) in [6.45, 7) is 0. The molecule has 1 heterocycles. The topological polar surface area (TPSA) is 39.6 Å². The Morgan fingerprint density at radius 3 is 2.63 bits per heavy atom. The lowest BCUT2D eigenvalue weighted by atomic mass is 9.95. The monoisotopic (exact) mass is 270 g/mol. The molecule has 94 valence electrons. The van der Waals surface area contributed by atoms with Gasteiger partial charge in [0.25, 0.3) is 0 Å². The Kier molecular flexibility index (Phi) is 2.92. The third-order valence-electron chi connectivity index (χ3n) is 3.51. The van der Waals surface area contributed by atoms with Crippen molar-refractivity contribution in [2.75, 3.05) is 0 Å². The van der Waals surface area contributed by atoms with Gasteiger partial charge in [-0.05, 0) is 42.5 Å². The second kappa shape index (κ2) is 4.60. The van der Waals surface area contributed by atoms with Crippen molar-refractivity contribution in [1.29, 1.82) is 5.26 Å². The summed E-state index contributed by atoms with van der Waals surface area (Å²) in [5.74, 6) is -0.278. The van der Waals surface area contributed by atoms with E-state index in [0.29, 0.717) is 10.2 Å². The van der Waals surface area contributed by atoms with Gasteiger partial charge in [-0.15, -0.1) is 0 Å². The lowest BCUT2D eigenvalue weighted by Gasteiger charge is -2.11. The van der Waals surface area contributed by atoms with E-state index in [0.717, 1.165) is 41.6 Å². The van der Waals surface area contributed by atoms with E-state index in [1.807, 2.05) is 0 Å². The fourth-order valence-electron chi connectivity index (χ4n) is 2.66. The van der Waals surface area contributed by atoms with Gasteiger partial charge >= 0.3 is 0 Å². The number of aromatic nitrogens is 1. The number of rotatable bonds is 1. The molecule has 0 amide bonds. The van der Waals surface area contributed by atoms with Crippen molar-refractivity contribution in [2.45, 2.75) is 19.3 Å². The van der Waals surface area contributed by atoms with Gasteiger partial charge in [0.2, 0.25) is 0 Å². The van der Waals surface area contributed by atoms with Crippen LogP contribution in [-0.2, 0) is 12.8 Å². The number of fused-ring (bicyclic) bond motifs is 1. The van der Waals surface area contributed by atoms with E-state index in [9.17, 15) is 9.65 Å². The van der Waals surface area contributed by atoms with Crippen LogP contribution in [0.5, 0.6) is 0 Å². The maximum atomic E-state index is 13.0. The van der Waals surface area contributed by atoms with Gasteiger partial charge in [0.1, 0.15) is 16.5 Å². The van der Waals surface area contributed by atoms with Gasteiger partial charge in [0.15, 0.2) is 0 Å². The molecule has 2 aromatic rings. The Morgan fingerprint density at radius 1 is 1.21 bits per heavy atom. The Hall–Kier alpha value is -1.99. The Labute approximate surface area is 115 Å². The van der Waals surface area contributed by atoms with Crippen LogP contribution in [0.15, 0.2) is 24.3 Å². The van der Waals surface area contributed by atoms with E-state index in [2.05, 4.69) is 11.1 Å². The van der Waals surface area contributed by atoms with Crippen molar-refractivity contribution in [3.8, 4) is 17.2 Å². The van der Waals surface area contributed by atoms with Crippen LogP contribution in [-0.4, -0.2) is 4.98 Å². The first kappa shape index (κ1) is 12.1. The van der Waals surface area contributed by atoms with Gasteiger partial charge in [-0.2, -0.15) is 5.26 Å². The second-order valence-electron chi connectivity index (χ2n) is 4.63. The molecule has 0 saturated heterocycles. The Bertz CT molecular complexity index is 738. The molecule has 19 heavy (non-hydrogen) atoms. The van der Waals surface area contributed by atoms with E-state index in [-0.39, 0.29) is 5.82 Å². The Balaban J connectivity index is 2.34. The van der Waals surface area contributed by atoms with Crippen LogP contribution >= 0.6 is 12.2 Å². The van der Waals surface area contributed by atoms with Crippen molar-refractivity contribution < 1.29 is 4.39 Å². The average molecular weight is 270 g/mol. The minimum absolute atomic E-state index is 0.278. The zero-order chi connectivity index (χ0) is 13.4. The molecule has 1 aliphatic rings. The molecule has 1 aromatic heterocycles. The molecule has 4 heteroatoms. The highest BCUT2D eigenvalue weighted by molar-refractivity contribution is 7.71. The summed E-state index contributed by atoms with van der Waals surface area (Å²) in [5, 5.41) is 9.34. The molecule has 0 aliphatic heterocycles. The maximum Gasteiger partial charge on any atom is 0.123 e. The quantitative estimate of drug-likeness (QED) is 0.798. The summed E-state index contributed by atoms with van der Waals surface area (Å²) in [6, 6.07) is 8.42. The van der Waals surface area contributed by atoms with Crippen molar-refractivity contribution in [1.82, 2.24) is 4.98 Å². The zero-order valence-corrected chi connectivity index (χ0v) is 11.0. The third-order valence-corrected chi connectivity index (χ3v) is 3.81. The predicted octanol–water partition coefficient (Wildman–Crippen LogP) is 3.91. The lowest BCUT2D eigenvalue weighted by molar-refractivity contribution is 0.628. The number of aryl methyl sites for hydroxylation is 1. The van der Waals surface area contributed by atoms with E-state index < -0.39 is 0 Å². The van der Waals surface area contributed by atoms with Crippen LogP contribution < -0.4 is 0 Å². The number of aromatic amines is 1. The van der Waals surface area contributed by atoms with Gasteiger partial charge in [-0.1, -0.05) is 24.4 Å². The highest BCUT2D eigenvalue weighted by Gasteiger charge is 2.20. The van der Waals surface area contributed by atoms with Crippen molar-refractivity contribution >= 4 is 12.2 Å². The molecular weight excluding hydrogens is 259 g/mol. The predicted molar refractivity (Wildman–Crippen MR) is 73.8 cm³/mol. The number of hydrogen-bond donors (Lipinski definition) is 1. The largest absolute Gasteiger partial charge is 0.349 e. The highest BCUT2D eigenvalue weighted by atomic mass is 32.1. The van der Waals surface area contributed by atoms with Crippen LogP contribution in [0.25, 0.3) is 11.1 Å². The summed E-state index contributed by atoms with van der Waals surface area (Å²) in [5.41, 5.74) is 4.48. The number of nitrogens with one attached hydrogen (secondary N) is 1. The number of H-pyrrole nitrogens is 1. The van der Waals surface area contributed by atoms with E-state index in [1.54, 1.807) is 12.1 Å². The molecule has 3 rings (SSSR count). The minimum Gasteiger partial charge on any atom is -0.349 e. The average Bonchev–Trinajstić information content (AvgIpc) is 2.86. The first-order chi connectivity index (χ1) is 9.20. The van der Waals surface area contributed by atoms with E-state index >= 15 is 0 Å². The maximum absolute atomic E-state index is 13.0. The molecule has 0 spiro atoms. The molecule has 0 radical (unpaired) electrons. The van der Waals surface area contributed by atoms with E-state index in [4.69, 9.17) is 12.2 Å². The minimum atomic E-state index is -0.278. The molecule has 1 N–H and O–H groups in total. The molecule has 0 unspecified atom stereocenters. The number of nitriles is 1. The molecular formula is C15H11FN2S. The van der Waals surface area contributed by atoms with E-state index in [1.165, 1.54) is 12.1 Å². The number of nitrogens with zero attached hydrogens (tertiary/aromatic N) is 1. The first-order valence-corrected chi connectivity index (χ1v) is 6.55. The second-order valence-corrected chi connectivity index (χ2v) is 5.04. The van der Waals surface area contributed by atoms with Crippen LogP contribution in [0.2, 0.25) is 0 Å². The van der Waals surface area contributed by atoms with Gasteiger partial charge in [-0.3, -0.25) is 0 Å². The van der Waals surface area contributed by atoms with Crippen molar-refractivity contribution in [3.63, 3.8) is 0 Å². The third kappa shape index (κ3) is 1.96. The smallest absolute Gasteiger partial charge is 0.123 e. The fourth-order valence-corrected chi connectivity index (χ4v) is 2.93. The molecule has 0 saturated carbocycles. The summed E-state index contributed by atoms with van der Waals surface area (Å²) in [6.07, 6.45) is 2.95. The molecule has 1 aliphatic carbocycles.